The zero-order valence-electron chi connectivity index (χ0n) is 11.6. The standard InChI is InChI=1S/C14H16N4O3/c1-18-8-11(15)13(17-18)14(20)16-7-12(19)21-9-10-5-3-2-4-6-10/h2-6,8H,7,9,15H2,1H3,(H,16,20). The normalized spacial score (nSPS) is 10.1. The first-order chi connectivity index (χ1) is 10.1. The van der Waals surface area contributed by atoms with E-state index in [1.165, 1.54) is 10.9 Å². The molecule has 21 heavy (non-hydrogen) atoms. The lowest BCUT2D eigenvalue weighted by Crippen LogP contribution is -2.31. The third-order valence-corrected chi connectivity index (χ3v) is 2.71. The van der Waals surface area contributed by atoms with Gasteiger partial charge in [-0.25, -0.2) is 0 Å². The van der Waals surface area contributed by atoms with Gasteiger partial charge < -0.3 is 15.8 Å². The number of ether oxygens (including phenoxy) is 1. The molecule has 0 atom stereocenters. The zero-order valence-corrected chi connectivity index (χ0v) is 11.6. The Morgan fingerprint density at radius 1 is 1.33 bits per heavy atom. The van der Waals surface area contributed by atoms with Crippen LogP contribution in [0.4, 0.5) is 5.69 Å². The SMILES string of the molecule is Cn1cc(N)c(C(=O)NCC(=O)OCc2ccccc2)n1. The second-order valence-corrected chi connectivity index (χ2v) is 4.44. The third-order valence-electron chi connectivity index (χ3n) is 2.71. The van der Waals surface area contributed by atoms with Crippen LogP contribution in [0.15, 0.2) is 36.5 Å². The highest BCUT2D eigenvalue weighted by Crippen LogP contribution is 2.07. The Kier molecular flexibility index (Phi) is 4.55. The number of hydrogen-bond acceptors (Lipinski definition) is 5. The summed E-state index contributed by atoms with van der Waals surface area (Å²) in [6.07, 6.45) is 1.52. The van der Waals surface area contributed by atoms with Crippen molar-refractivity contribution in [3.8, 4) is 0 Å². The number of carbonyl (C=O) groups is 2. The van der Waals surface area contributed by atoms with Crippen molar-refractivity contribution in [1.82, 2.24) is 15.1 Å². The molecule has 0 bridgehead atoms. The molecule has 0 saturated carbocycles. The van der Waals surface area contributed by atoms with Gasteiger partial charge in [-0.2, -0.15) is 5.10 Å². The summed E-state index contributed by atoms with van der Waals surface area (Å²) in [7, 11) is 1.65. The van der Waals surface area contributed by atoms with Crippen LogP contribution in [-0.2, 0) is 23.2 Å². The number of benzene rings is 1. The molecular weight excluding hydrogens is 272 g/mol. The van der Waals surface area contributed by atoms with Gasteiger partial charge >= 0.3 is 5.97 Å². The lowest BCUT2D eigenvalue weighted by Gasteiger charge is -2.06. The van der Waals surface area contributed by atoms with Crippen LogP contribution >= 0.6 is 0 Å². The fraction of sp³-hybridized carbons (Fsp3) is 0.214. The summed E-state index contributed by atoms with van der Waals surface area (Å²) >= 11 is 0. The number of carbonyl (C=O) groups excluding carboxylic acids is 2. The molecule has 1 heterocycles. The van der Waals surface area contributed by atoms with Crippen molar-refractivity contribution in [2.75, 3.05) is 12.3 Å². The number of aromatic nitrogens is 2. The maximum atomic E-state index is 11.8. The molecule has 1 aromatic carbocycles. The molecule has 0 unspecified atom stereocenters. The maximum Gasteiger partial charge on any atom is 0.325 e. The van der Waals surface area contributed by atoms with Crippen molar-refractivity contribution in [2.24, 2.45) is 7.05 Å². The average Bonchev–Trinajstić information content (AvgIpc) is 2.82. The summed E-state index contributed by atoms with van der Waals surface area (Å²) in [6.45, 7) is -0.0665. The average molecular weight is 288 g/mol. The second kappa shape index (κ2) is 6.56. The van der Waals surface area contributed by atoms with Crippen LogP contribution in [0, 0.1) is 0 Å². The molecule has 3 N–H and O–H groups in total. The molecule has 0 saturated heterocycles. The van der Waals surface area contributed by atoms with Gasteiger partial charge in [0.15, 0.2) is 5.69 Å². The van der Waals surface area contributed by atoms with E-state index in [-0.39, 0.29) is 24.5 Å². The summed E-state index contributed by atoms with van der Waals surface area (Å²) < 4.78 is 6.47. The first-order valence-corrected chi connectivity index (χ1v) is 6.33. The molecular formula is C14H16N4O3. The van der Waals surface area contributed by atoms with Gasteiger partial charge in [-0.1, -0.05) is 30.3 Å². The number of hydrogen-bond donors (Lipinski definition) is 2. The Morgan fingerprint density at radius 3 is 2.67 bits per heavy atom. The van der Waals surface area contributed by atoms with E-state index in [0.29, 0.717) is 0 Å². The van der Waals surface area contributed by atoms with E-state index in [0.717, 1.165) is 5.56 Å². The van der Waals surface area contributed by atoms with Crippen LogP contribution in [0.5, 0.6) is 0 Å². The lowest BCUT2D eigenvalue weighted by molar-refractivity contribution is -0.143. The Hall–Kier alpha value is -2.83. The van der Waals surface area contributed by atoms with Crippen LogP contribution in [0.1, 0.15) is 16.1 Å². The first kappa shape index (κ1) is 14.6. The Balaban J connectivity index is 1.79. The Morgan fingerprint density at radius 2 is 2.05 bits per heavy atom. The van der Waals surface area contributed by atoms with Crippen LogP contribution in [0.3, 0.4) is 0 Å². The molecule has 2 rings (SSSR count). The highest BCUT2D eigenvalue weighted by molar-refractivity contribution is 5.98. The Labute approximate surface area is 121 Å². The van der Waals surface area contributed by atoms with E-state index >= 15 is 0 Å². The van der Waals surface area contributed by atoms with Gasteiger partial charge in [0.05, 0.1) is 5.69 Å². The minimum atomic E-state index is -0.526. The van der Waals surface area contributed by atoms with Gasteiger partial charge in [-0.15, -0.1) is 0 Å². The topological polar surface area (TPSA) is 99.2 Å². The highest BCUT2D eigenvalue weighted by Gasteiger charge is 2.15. The number of nitrogens with two attached hydrogens (primary N) is 1. The van der Waals surface area contributed by atoms with E-state index in [1.54, 1.807) is 7.05 Å². The first-order valence-electron chi connectivity index (χ1n) is 6.33. The van der Waals surface area contributed by atoms with Crippen LogP contribution in [0.2, 0.25) is 0 Å². The van der Waals surface area contributed by atoms with Gasteiger partial charge in [0.2, 0.25) is 0 Å². The molecule has 0 aliphatic heterocycles. The number of nitrogen functional groups attached to an aromatic ring is 1. The van der Waals surface area contributed by atoms with Crippen molar-refractivity contribution in [3.63, 3.8) is 0 Å². The summed E-state index contributed by atoms with van der Waals surface area (Å²) in [6, 6.07) is 9.29. The van der Waals surface area contributed by atoms with Gasteiger partial charge in [0.1, 0.15) is 13.2 Å². The van der Waals surface area contributed by atoms with Crippen molar-refractivity contribution in [2.45, 2.75) is 6.61 Å². The van der Waals surface area contributed by atoms with E-state index in [1.807, 2.05) is 30.3 Å². The molecule has 2 aromatic rings. The summed E-state index contributed by atoms with van der Waals surface area (Å²) in [5, 5.41) is 6.33. The van der Waals surface area contributed by atoms with Crippen molar-refractivity contribution in [1.29, 1.82) is 0 Å². The molecule has 0 aliphatic carbocycles. The quantitative estimate of drug-likeness (QED) is 0.779. The fourth-order valence-electron chi connectivity index (χ4n) is 1.71. The van der Waals surface area contributed by atoms with Crippen LogP contribution < -0.4 is 11.1 Å². The minimum Gasteiger partial charge on any atom is -0.460 e. The predicted octanol–water partition coefficient (Wildman–Crippen LogP) is 0.475. The van der Waals surface area contributed by atoms with Crippen molar-refractivity contribution in [3.05, 3.63) is 47.8 Å². The number of anilines is 1. The van der Waals surface area contributed by atoms with Gasteiger partial charge in [0, 0.05) is 13.2 Å². The molecule has 7 heteroatoms. The summed E-state index contributed by atoms with van der Waals surface area (Å²) in [5.74, 6) is -1.04. The molecule has 7 nitrogen and oxygen atoms in total. The number of nitrogens with zero attached hydrogens (tertiary/aromatic N) is 2. The van der Waals surface area contributed by atoms with Crippen molar-refractivity contribution >= 4 is 17.6 Å². The third kappa shape index (κ3) is 4.07. The van der Waals surface area contributed by atoms with E-state index in [4.69, 9.17) is 10.5 Å². The molecule has 0 spiro atoms. The molecule has 0 fully saturated rings. The molecule has 1 aromatic heterocycles. The molecule has 110 valence electrons. The van der Waals surface area contributed by atoms with Gasteiger partial charge in [-0.3, -0.25) is 14.3 Å². The number of amides is 1. The molecule has 0 radical (unpaired) electrons. The number of rotatable bonds is 5. The Bertz CT molecular complexity index is 637. The number of nitrogens with one attached hydrogen (secondary N) is 1. The number of aryl methyl sites for hydroxylation is 1. The van der Waals surface area contributed by atoms with Gasteiger partial charge in [0.25, 0.3) is 5.91 Å². The van der Waals surface area contributed by atoms with Gasteiger partial charge in [-0.05, 0) is 5.56 Å². The minimum absolute atomic E-state index is 0.0911. The zero-order chi connectivity index (χ0) is 15.2. The van der Waals surface area contributed by atoms with E-state index in [2.05, 4.69) is 10.4 Å². The second-order valence-electron chi connectivity index (χ2n) is 4.44. The monoisotopic (exact) mass is 288 g/mol. The highest BCUT2D eigenvalue weighted by atomic mass is 16.5. The van der Waals surface area contributed by atoms with Crippen LogP contribution in [0.25, 0.3) is 0 Å². The summed E-state index contributed by atoms with van der Waals surface area (Å²) in [4.78, 5) is 23.3. The fourth-order valence-corrected chi connectivity index (χ4v) is 1.71. The molecule has 1 amide bonds. The van der Waals surface area contributed by atoms with E-state index in [9.17, 15) is 9.59 Å². The lowest BCUT2D eigenvalue weighted by atomic mass is 10.2. The smallest absolute Gasteiger partial charge is 0.325 e. The van der Waals surface area contributed by atoms with E-state index < -0.39 is 11.9 Å². The number of esters is 1. The molecule has 0 aliphatic rings. The van der Waals surface area contributed by atoms with Crippen LogP contribution in [-0.4, -0.2) is 28.2 Å². The maximum absolute atomic E-state index is 11.8. The largest absolute Gasteiger partial charge is 0.460 e. The van der Waals surface area contributed by atoms with Crippen molar-refractivity contribution < 1.29 is 14.3 Å². The summed E-state index contributed by atoms with van der Waals surface area (Å²) in [5.41, 5.74) is 6.85. The predicted molar refractivity (Wildman–Crippen MR) is 76.2 cm³/mol.